The predicted octanol–water partition coefficient (Wildman–Crippen LogP) is 5.67. The molecule has 0 aliphatic carbocycles. The van der Waals surface area contributed by atoms with E-state index in [0.29, 0.717) is 6.61 Å². The summed E-state index contributed by atoms with van der Waals surface area (Å²) in [5.74, 6) is 0. The molecule has 0 aromatic rings. The molecule has 0 aromatic heterocycles. The summed E-state index contributed by atoms with van der Waals surface area (Å²) < 4.78 is 4.67. The van der Waals surface area contributed by atoms with Crippen LogP contribution in [0.15, 0.2) is 36.5 Å². The highest BCUT2D eigenvalue weighted by molar-refractivity contribution is 5.64. The van der Waals surface area contributed by atoms with Gasteiger partial charge in [-0.15, -0.1) is 0 Å². The Morgan fingerprint density at radius 3 is 1.91 bits per heavy atom. The topological polar surface area (TPSA) is 52.3 Å². The number of unbranched alkanes of at least 4 members (excludes halogenated alkanes) is 6. The smallest absolute Gasteiger partial charge is 0.404 e. The fraction of sp³-hybridized carbons (Fsp3) is 0.632. The molecule has 126 valence electrons. The first-order valence-electron chi connectivity index (χ1n) is 8.64. The average molecular weight is 307 g/mol. The third kappa shape index (κ3) is 18.5. The van der Waals surface area contributed by atoms with Crippen LogP contribution in [0.1, 0.15) is 71.1 Å². The zero-order valence-corrected chi connectivity index (χ0v) is 14.1. The van der Waals surface area contributed by atoms with Gasteiger partial charge in [0.15, 0.2) is 0 Å². The van der Waals surface area contributed by atoms with Crippen LogP contribution < -0.4 is 5.73 Å². The molecule has 0 fully saturated rings. The van der Waals surface area contributed by atoms with Crippen LogP contribution in [0.4, 0.5) is 4.79 Å². The van der Waals surface area contributed by atoms with Gasteiger partial charge in [-0.1, -0.05) is 56.2 Å². The molecule has 0 aliphatic rings. The first kappa shape index (κ1) is 20.5. The lowest BCUT2D eigenvalue weighted by atomic mass is 10.2. The molecular weight excluding hydrogens is 274 g/mol. The largest absolute Gasteiger partial charge is 0.450 e. The Kier molecular flexibility index (Phi) is 16.3. The van der Waals surface area contributed by atoms with E-state index < -0.39 is 6.09 Å². The molecule has 0 aliphatic heterocycles. The third-order valence-corrected chi connectivity index (χ3v) is 3.28. The quantitative estimate of drug-likeness (QED) is 0.332. The molecule has 0 saturated heterocycles. The highest BCUT2D eigenvalue weighted by Crippen LogP contribution is 2.03. The average Bonchev–Trinajstić information content (AvgIpc) is 2.50. The van der Waals surface area contributed by atoms with Crippen molar-refractivity contribution in [2.45, 2.75) is 71.1 Å². The van der Waals surface area contributed by atoms with Gasteiger partial charge in [0.25, 0.3) is 0 Å². The Bertz CT molecular complexity index is 332. The number of hydrogen-bond acceptors (Lipinski definition) is 2. The number of rotatable bonds is 14. The minimum Gasteiger partial charge on any atom is -0.450 e. The summed E-state index contributed by atoms with van der Waals surface area (Å²) in [5, 5.41) is 0. The van der Waals surface area contributed by atoms with Crippen molar-refractivity contribution in [1.29, 1.82) is 0 Å². The highest BCUT2D eigenvalue weighted by atomic mass is 16.5. The summed E-state index contributed by atoms with van der Waals surface area (Å²) >= 11 is 0. The van der Waals surface area contributed by atoms with Crippen molar-refractivity contribution in [2.24, 2.45) is 5.73 Å². The van der Waals surface area contributed by atoms with E-state index in [4.69, 9.17) is 5.73 Å². The molecule has 22 heavy (non-hydrogen) atoms. The highest BCUT2D eigenvalue weighted by Gasteiger charge is 1.92. The lowest BCUT2D eigenvalue weighted by Gasteiger charge is -1.99. The van der Waals surface area contributed by atoms with Crippen molar-refractivity contribution in [3.05, 3.63) is 36.5 Å². The van der Waals surface area contributed by atoms with Crippen LogP contribution in [0.25, 0.3) is 0 Å². The van der Waals surface area contributed by atoms with Crippen molar-refractivity contribution >= 4 is 6.09 Å². The van der Waals surface area contributed by atoms with Crippen molar-refractivity contribution in [3.63, 3.8) is 0 Å². The molecule has 3 nitrogen and oxygen atoms in total. The minimum absolute atomic E-state index is 0.438. The van der Waals surface area contributed by atoms with E-state index >= 15 is 0 Å². The molecule has 2 N–H and O–H groups in total. The maximum atomic E-state index is 10.3. The van der Waals surface area contributed by atoms with Crippen LogP contribution in [0, 0.1) is 0 Å². The second-order valence-electron chi connectivity index (χ2n) is 5.40. The molecule has 0 bridgehead atoms. The number of amides is 1. The number of nitrogens with two attached hydrogens (primary N) is 1. The molecule has 0 atom stereocenters. The Hall–Kier alpha value is -1.51. The number of carbonyl (C=O) groups is 1. The third-order valence-electron chi connectivity index (χ3n) is 3.28. The number of allylic oxidation sites excluding steroid dienone is 6. The standard InChI is InChI=1S/C19H33NO2/c1-2-3-4-5-6-7-8-9-10-11-12-13-14-15-16-17-18-22-19(20)21/h6-7,9-10,12-13H,2-5,8,11,14-18H2,1H3,(H2,20,21)/b7-6+,10-9+,13-12+. The second kappa shape index (κ2) is 17.5. The first-order valence-corrected chi connectivity index (χ1v) is 8.64. The van der Waals surface area contributed by atoms with Gasteiger partial charge in [0.05, 0.1) is 6.61 Å². The van der Waals surface area contributed by atoms with Crippen molar-refractivity contribution in [3.8, 4) is 0 Å². The first-order chi connectivity index (χ1) is 10.8. The van der Waals surface area contributed by atoms with Gasteiger partial charge in [0.2, 0.25) is 0 Å². The van der Waals surface area contributed by atoms with Gasteiger partial charge in [0.1, 0.15) is 0 Å². The van der Waals surface area contributed by atoms with Crippen LogP contribution in [0.3, 0.4) is 0 Å². The van der Waals surface area contributed by atoms with Crippen LogP contribution in [0.5, 0.6) is 0 Å². The van der Waals surface area contributed by atoms with Gasteiger partial charge in [-0.05, 0) is 51.4 Å². The fourth-order valence-corrected chi connectivity index (χ4v) is 2.00. The monoisotopic (exact) mass is 307 g/mol. The Morgan fingerprint density at radius 2 is 1.36 bits per heavy atom. The SMILES string of the molecule is CCCCC/C=C/C/C=C/C/C=C/CCCCCOC(N)=O. The van der Waals surface area contributed by atoms with E-state index in [1.165, 1.54) is 25.7 Å². The molecule has 0 spiro atoms. The zero-order valence-electron chi connectivity index (χ0n) is 14.1. The van der Waals surface area contributed by atoms with E-state index in [1.807, 2.05) is 0 Å². The Balaban J connectivity index is 3.29. The molecule has 0 rings (SSSR count). The van der Waals surface area contributed by atoms with Crippen LogP contribution in [-0.2, 0) is 4.74 Å². The van der Waals surface area contributed by atoms with Gasteiger partial charge in [-0.25, -0.2) is 4.79 Å². The van der Waals surface area contributed by atoms with Crippen molar-refractivity contribution in [1.82, 2.24) is 0 Å². The Morgan fingerprint density at radius 1 is 0.818 bits per heavy atom. The Labute approximate surface area is 136 Å². The maximum absolute atomic E-state index is 10.3. The van der Waals surface area contributed by atoms with Gasteiger partial charge in [0, 0.05) is 0 Å². The van der Waals surface area contributed by atoms with Crippen molar-refractivity contribution < 1.29 is 9.53 Å². The minimum atomic E-state index is -0.678. The van der Waals surface area contributed by atoms with Gasteiger partial charge in [-0.2, -0.15) is 0 Å². The molecule has 3 heteroatoms. The van der Waals surface area contributed by atoms with Crippen LogP contribution in [-0.4, -0.2) is 12.7 Å². The molecule has 0 saturated carbocycles. The number of primary amides is 1. The normalized spacial score (nSPS) is 11.9. The van der Waals surface area contributed by atoms with E-state index in [-0.39, 0.29) is 0 Å². The summed E-state index contributed by atoms with van der Waals surface area (Å²) in [4.78, 5) is 10.3. The molecule has 0 heterocycles. The molecule has 0 radical (unpaired) electrons. The maximum Gasteiger partial charge on any atom is 0.404 e. The molecule has 0 unspecified atom stereocenters. The van der Waals surface area contributed by atoms with Gasteiger partial charge in [-0.3, -0.25) is 0 Å². The van der Waals surface area contributed by atoms with E-state index in [9.17, 15) is 4.79 Å². The second-order valence-corrected chi connectivity index (χ2v) is 5.40. The summed E-state index contributed by atoms with van der Waals surface area (Å²) in [5.41, 5.74) is 4.88. The zero-order chi connectivity index (χ0) is 16.3. The summed E-state index contributed by atoms with van der Waals surface area (Å²) in [6.07, 6.45) is 24.1. The summed E-state index contributed by atoms with van der Waals surface area (Å²) in [6, 6.07) is 0. The van der Waals surface area contributed by atoms with Crippen LogP contribution in [0.2, 0.25) is 0 Å². The van der Waals surface area contributed by atoms with Gasteiger partial charge < -0.3 is 10.5 Å². The molecule has 0 aromatic carbocycles. The predicted molar refractivity (Wildman–Crippen MR) is 94.8 cm³/mol. The van der Waals surface area contributed by atoms with Gasteiger partial charge >= 0.3 is 6.09 Å². The lowest BCUT2D eigenvalue weighted by molar-refractivity contribution is 0.154. The molecule has 1 amide bonds. The number of hydrogen-bond donors (Lipinski definition) is 1. The summed E-state index contributed by atoms with van der Waals surface area (Å²) in [7, 11) is 0. The number of ether oxygens (including phenoxy) is 1. The van der Waals surface area contributed by atoms with Crippen molar-refractivity contribution in [2.75, 3.05) is 6.61 Å². The fourth-order valence-electron chi connectivity index (χ4n) is 2.00. The van der Waals surface area contributed by atoms with Crippen LogP contribution >= 0.6 is 0 Å². The van der Waals surface area contributed by atoms with E-state index in [2.05, 4.69) is 48.1 Å². The van der Waals surface area contributed by atoms with E-state index in [0.717, 1.165) is 38.5 Å². The number of carbonyl (C=O) groups excluding carboxylic acids is 1. The lowest BCUT2D eigenvalue weighted by Crippen LogP contribution is -2.13. The molecular formula is C19H33NO2. The van der Waals surface area contributed by atoms with E-state index in [1.54, 1.807) is 0 Å². The summed E-state index contributed by atoms with van der Waals surface area (Å²) in [6.45, 7) is 2.67.